The van der Waals surface area contributed by atoms with Crippen molar-refractivity contribution in [3.05, 3.63) is 35.7 Å². The summed E-state index contributed by atoms with van der Waals surface area (Å²) in [6.45, 7) is 3.51. The molecule has 2 N–H and O–H groups in total. The largest absolute Gasteiger partial charge is 0.475 e. The average Bonchev–Trinajstić information content (AvgIpc) is 3.05. The molecule has 8 heteroatoms. The van der Waals surface area contributed by atoms with Gasteiger partial charge < -0.3 is 10.1 Å². The molecule has 0 radical (unpaired) electrons. The number of Topliss-reactive ketones (excluding diaryl/α,β-unsaturated/α-hetero) is 1. The molecule has 0 saturated heterocycles. The molecule has 0 aliphatic rings. The number of nitrogens with zero attached hydrogens (tertiary/aromatic N) is 4. The van der Waals surface area contributed by atoms with Crippen LogP contribution in [-0.2, 0) is 4.79 Å². The Labute approximate surface area is 118 Å². The van der Waals surface area contributed by atoms with Crippen LogP contribution in [0.5, 0.6) is 0 Å². The zero-order chi connectivity index (χ0) is 15.1. The van der Waals surface area contributed by atoms with Crippen molar-refractivity contribution in [1.29, 1.82) is 0 Å². The molecule has 0 spiro atoms. The Bertz CT molecular complexity index is 877. The first-order chi connectivity index (χ1) is 9.99. The third-order valence-corrected chi connectivity index (χ3v) is 3.14. The molecule has 3 heterocycles. The number of carboxylic acids is 1. The highest BCUT2D eigenvalue weighted by Crippen LogP contribution is 2.26. The fraction of sp³-hybridized carbons (Fsp3) is 0.154. The number of aromatic nitrogens is 5. The quantitative estimate of drug-likeness (QED) is 0.548. The minimum atomic E-state index is -1.50. The number of ketones is 1. The number of pyridine rings is 1. The fourth-order valence-electron chi connectivity index (χ4n) is 2.21. The van der Waals surface area contributed by atoms with Gasteiger partial charge >= 0.3 is 5.97 Å². The lowest BCUT2D eigenvalue weighted by molar-refractivity contribution is -0.131. The highest BCUT2D eigenvalue weighted by molar-refractivity contribution is 6.42. The normalized spacial score (nSPS) is 11.0. The Balaban J connectivity index is 2.29. The highest BCUT2D eigenvalue weighted by Gasteiger charge is 2.22. The number of rotatable bonds is 3. The zero-order valence-electron chi connectivity index (χ0n) is 11.3. The van der Waals surface area contributed by atoms with Crippen molar-refractivity contribution in [3.8, 4) is 5.82 Å². The van der Waals surface area contributed by atoms with Gasteiger partial charge in [0.25, 0.3) is 5.78 Å². The number of fused-ring (bicyclic) bond motifs is 1. The van der Waals surface area contributed by atoms with Gasteiger partial charge in [0.05, 0.1) is 11.1 Å². The second kappa shape index (κ2) is 4.51. The van der Waals surface area contributed by atoms with E-state index in [9.17, 15) is 9.59 Å². The third kappa shape index (κ3) is 1.97. The molecule has 0 unspecified atom stereocenters. The molecule has 0 aromatic carbocycles. The predicted octanol–water partition coefficient (Wildman–Crippen LogP) is 1.03. The first-order valence-corrected chi connectivity index (χ1v) is 6.12. The van der Waals surface area contributed by atoms with E-state index in [2.05, 4.69) is 20.1 Å². The molecule has 106 valence electrons. The molecule has 0 aliphatic heterocycles. The number of aliphatic carboxylic acids is 1. The summed E-state index contributed by atoms with van der Waals surface area (Å²) < 4.78 is 1.47. The molecule has 3 aromatic rings. The van der Waals surface area contributed by atoms with E-state index in [1.807, 2.05) is 0 Å². The van der Waals surface area contributed by atoms with Crippen LogP contribution < -0.4 is 0 Å². The molecule has 0 aliphatic carbocycles. The number of H-pyrrole nitrogens is 1. The van der Waals surface area contributed by atoms with Gasteiger partial charge in [0.15, 0.2) is 5.82 Å². The highest BCUT2D eigenvalue weighted by atomic mass is 16.4. The summed E-state index contributed by atoms with van der Waals surface area (Å²) >= 11 is 0. The average molecular weight is 285 g/mol. The molecule has 0 fully saturated rings. The summed E-state index contributed by atoms with van der Waals surface area (Å²) in [7, 11) is 0. The lowest BCUT2D eigenvalue weighted by atomic mass is 10.1. The van der Waals surface area contributed by atoms with E-state index >= 15 is 0 Å². The van der Waals surface area contributed by atoms with Crippen molar-refractivity contribution in [2.75, 3.05) is 0 Å². The smallest absolute Gasteiger partial charge is 0.377 e. The Morgan fingerprint density at radius 1 is 1.29 bits per heavy atom. The lowest BCUT2D eigenvalue weighted by Crippen LogP contribution is -2.12. The maximum atomic E-state index is 11.7. The molecule has 3 rings (SSSR count). The van der Waals surface area contributed by atoms with Crippen molar-refractivity contribution in [3.63, 3.8) is 0 Å². The third-order valence-electron chi connectivity index (χ3n) is 3.14. The van der Waals surface area contributed by atoms with Gasteiger partial charge in [-0.05, 0) is 19.4 Å². The van der Waals surface area contributed by atoms with Crippen LogP contribution in [0.3, 0.4) is 0 Å². The zero-order valence-corrected chi connectivity index (χ0v) is 11.3. The standard InChI is InChI=1S/C13H11N5O3/c1-6-3-15-12(18-5-16-7(2)17-18)10-9(6)8(4-14-10)11(19)13(20)21/h3-5,14H,1-2H3,(H,20,21). The number of carbonyl (C=O) groups excluding carboxylic acids is 1. The molecular formula is C13H11N5O3. The van der Waals surface area contributed by atoms with E-state index in [0.717, 1.165) is 0 Å². The summed E-state index contributed by atoms with van der Waals surface area (Å²) in [6.07, 6.45) is 4.45. The first-order valence-electron chi connectivity index (χ1n) is 6.12. The minimum Gasteiger partial charge on any atom is -0.475 e. The van der Waals surface area contributed by atoms with Crippen molar-refractivity contribution in [1.82, 2.24) is 24.7 Å². The van der Waals surface area contributed by atoms with Gasteiger partial charge in [0.2, 0.25) is 0 Å². The van der Waals surface area contributed by atoms with E-state index in [-0.39, 0.29) is 5.56 Å². The van der Waals surface area contributed by atoms with Crippen molar-refractivity contribution < 1.29 is 14.7 Å². The second-order valence-corrected chi connectivity index (χ2v) is 4.59. The molecule has 0 bridgehead atoms. The van der Waals surface area contributed by atoms with Gasteiger partial charge in [-0.2, -0.15) is 5.10 Å². The lowest BCUT2D eigenvalue weighted by Gasteiger charge is -2.04. The van der Waals surface area contributed by atoms with Crippen molar-refractivity contribution >= 4 is 22.7 Å². The van der Waals surface area contributed by atoms with Crippen LogP contribution in [0.25, 0.3) is 16.7 Å². The molecular weight excluding hydrogens is 274 g/mol. The van der Waals surface area contributed by atoms with Gasteiger partial charge in [0.1, 0.15) is 12.2 Å². The van der Waals surface area contributed by atoms with Crippen LogP contribution in [0.4, 0.5) is 0 Å². The van der Waals surface area contributed by atoms with Gasteiger partial charge in [-0.1, -0.05) is 0 Å². The molecule has 0 saturated carbocycles. The molecule has 21 heavy (non-hydrogen) atoms. The summed E-state index contributed by atoms with van der Waals surface area (Å²) in [5.41, 5.74) is 1.36. The van der Waals surface area contributed by atoms with Crippen molar-refractivity contribution in [2.24, 2.45) is 0 Å². The Morgan fingerprint density at radius 2 is 2.05 bits per heavy atom. The van der Waals surface area contributed by atoms with E-state index in [4.69, 9.17) is 5.11 Å². The number of hydrogen-bond donors (Lipinski definition) is 2. The van der Waals surface area contributed by atoms with Crippen LogP contribution in [-0.4, -0.2) is 41.6 Å². The molecule has 0 atom stereocenters. The molecule has 0 amide bonds. The number of nitrogens with one attached hydrogen (secondary N) is 1. The fourth-order valence-corrected chi connectivity index (χ4v) is 2.21. The number of hydrogen-bond acceptors (Lipinski definition) is 5. The number of aryl methyl sites for hydroxylation is 2. The summed E-state index contributed by atoms with van der Waals surface area (Å²) in [5, 5.41) is 13.6. The maximum Gasteiger partial charge on any atom is 0.377 e. The van der Waals surface area contributed by atoms with Gasteiger partial charge in [-0.15, -0.1) is 0 Å². The van der Waals surface area contributed by atoms with Gasteiger partial charge in [0, 0.05) is 17.8 Å². The van der Waals surface area contributed by atoms with E-state index in [0.29, 0.717) is 28.1 Å². The monoisotopic (exact) mass is 285 g/mol. The number of carbonyl (C=O) groups is 2. The molecule has 3 aromatic heterocycles. The minimum absolute atomic E-state index is 0.107. The topological polar surface area (TPSA) is 114 Å². The van der Waals surface area contributed by atoms with Crippen molar-refractivity contribution in [2.45, 2.75) is 13.8 Å². The Hall–Kier alpha value is -3.03. The summed E-state index contributed by atoms with van der Waals surface area (Å²) in [4.78, 5) is 33.9. The summed E-state index contributed by atoms with van der Waals surface area (Å²) in [6, 6.07) is 0. The maximum absolute atomic E-state index is 11.7. The van der Waals surface area contributed by atoms with Gasteiger partial charge in [-0.3, -0.25) is 4.79 Å². The Morgan fingerprint density at radius 3 is 2.67 bits per heavy atom. The number of aromatic amines is 1. The van der Waals surface area contributed by atoms with E-state index in [1.165, 1.54) is 17.2 Å². The second-order valence-electron chi connectivity index (χ2n) is 4.59. The van der Waals surface area contributed by atoms with Crippen LogP contribution in [0.1, 0.15) is 21.7 Å². The molecule has 8 nitrogen and oxygen atoms in total. The first kappa shape index (κ1) is 13.0. The van der Waals surface area contributed by atoms with Crippen LogP contribution in [0.15, 0.2) is 18.7 Å². The number of carboxylic acid groups (broad SMARTS) is 1. The van der Waals surface area contributed by atoms with Crippen LogP contribution in [0.2, 0.25) is 0 Å². The van der Waals surface area contributed by atoms with Gasteiger partial charge in [-0.25, -0.2) is 19.4 Å². The van der Waals surface area contributed by atoms with Crippen LogP contribution >= 0.6 is 0 Å². The van der Waals surface area contributed by atoms with E-state index in [1.54, 1.807) is 20.0 Å². The van der Waals surface area contributed by atoms with Crippen LogP contribution in [0, 0.1) is 13.8 Å². The summed E-state index contributed by atoms with van der Waals surface area (Å²) in [5.74, 6) is -1.42. The Kier molecular flexibility index (Phi) is 2.79. The predicted molar refractivity (Wildman–Crippen MR) is 72.5 cm³/mol. The SMILES string of the molecule is Cc1ncn(-c2ncc(C)c3c(C(=O)C(=O)O)c[nH]c23)n1. The van der Waals surface area contributed by atoms with E-state index < -0.39 is 11.8 Å².